The molecule has 2 heterocycles. The Morgan fingerprint density at radius 3 is 2.58 bits per heavy atom. The first-order valence-electron chi connectivity index (χ1n) is 10.6. The van der Waals surface area contributed by atoms with Gasteiger partial charge < -0.3 is 20.1 Å². The van der Waals surface area contributed by atoms with Gasteiger partial charge in [0.2, 0.25) is 5.91 Å². The van der Waals surface area contributed by atoms with Crippen LogP contribution >= 0.6 is 0 Å². The number of rotatable bonds is 6. The van der Waals surface area contributed by atoms with Crippen LogP contribution in [-0.2, 0) is 17.9 Å². The lowest BCUT2D eigenvalue weighted by molar-refractivity contribution is -0.126. The minimum Gasteiger partial charge on any atom is -0.352 e. The molecule has 1 unspecified atom stereocenters. The predicted octanol–water partition coefficient (Wildman–Crippen LogP) is 3.49. The number of carbonyl (C=O) groups is 2. The van der Waals surface area contributed by atoms with Gasteiger partial charge in [0.1, 0.15) is 0 Å². The summed E-state index contributed by atoms with van der Waals surface area (Å²) in [6.45, 7) is 2.27. The molecule has 7 heteroatoms. The number of para-hydroxylation sites is 1. The van der Waals surface area contributed by atoms with E-state index in [0.717, 1.165) is 29.7 Å². The normalized spacial score (nSPS) is 16.0. The topological polar surface area (TPSA) is 79.3 Å². The van der Waals surface area contributed by atoms with Crippen LogP contribution in [0.1, 0.15) is 24.0 Å². The van der Waals surface area contributed by atoms with E-state index in [-0.39, 0.29) is 17.9 Å². The quantitative estimate of drug-likeness (QED) is 0.644. The van der Waals surface area contributed by atoms with Gasteiger partial charge in [0.25, 0.3) is 0 Å². The molecule has 1 aliphatic heterocycles. The molecule has 4 rings (SSSR count). The van der Waals surface area contributed by atoms with Crippen LogP contribution in [-0.4, -0.2) is 39.5 Å². The van der Waals surface area contributed by atoms with Crippen molar-refractivity contribution in [2.45, 2.75) is 25.9 Å². The van der Waals surface area contributed by atoms with E-state index in [1.165, 1.54) is 0 Å². The molecule has 1 aliphatic rings. The number of aromatic nitrogens is 2. The zero-order valence-corrected chi connectivity index (χ0v) is 17.4. The van der Waals surface area contributed by atoms with E-state index < -0.39 is 0 Å². The predicted molar refractivity (Wildman–Crippen MR) is 119 cm³/mol. The highest BCUT2D eigenvalue weighted by atomic mass is 16.2. The maximum atomic E-state index is 12.8. The van der Waals surface area contributed by atoms with Crippen LogP contribution in [0.3, 0.4) is 0 Å². The number of nitrogens with one attached hydrogen (secondary N) is 2. The van der Waals surface area contributed by atoms with Crippen LogP contribution in [0.2, 0.25) is 0 Å². The summed E-state index contributed by atoms with van der Waals surface area (Å²) in [6.07, 6.45) is 7.07. The molecule has 1 aromatic heterocycles. The van der Waals surface area contributed by atoms with Crippen molar-refractivity contribution in [1.82, 2.24) is 19.8 Å². The van der Waals surface area contributed by atoms with Crippen LogP contribution in [0, 0.1) is 5.92 Å². The lowest BCUT2D eigenvalue weighted by Crippen LogP contribution is -2.46. The van der Waals surface area contributed by atoms with Crippen LogP contribution in [0.15, 0.2) is 73.3 Å². The first-order valence-corrected chi connectivity index (χ1v) is 10.6. The molecule has 1 atom stereocenters. The number of anilines is 1. The Kier molecular flexibility index (Phi) is 6.62. The molecule has 160 valence electrons. The van der Waals surface area contributed by atoms with Gasteiger partial charge in [-0.2, -0.15) is 0 Å². The van der Waals surface area contributed by atoms with Crippen LogP contribution in [0.4, 0.5) is 10.5 Å². The monoisotopic (exact) mass is 417 g/mol. The number of nitrogens with zero attached hydrogens (tertiary/aromatic N) is 3. The Morgan fingerprint density at radius 1 is 1.03 bits per heavy atom. The summed E-state index contributed by atoms with van der Waals surface area (Å²) in [5.41, 5.74) is 2.99. The molecule has 0 aliphatic carbocycles. The molecule has 31 heavy (non-hydrogen) atoms. The smallest absolute Gasteiger partial charge is 0.321 e. The SMILES string of the molecule is O=C(NCc1ccccc1Cn1ccnc1)C1CCCN(C(=O)Nc2ccccc2)C1. The van der Waals surface area contributed by atoms with Crippen LogP contribution in [0.5, 0.6) is 0 Å². The van der Waals surface area contributed by atoms with E-state index in [4.69, 9.17) is 0 Å². The zero-order valence-electron chi connectivity index (χ0n) is 17.4. The molecular weight excluding hydrogens is 390 g/mol. The van der Waals surface area contributed by atoms with Gasteiger partial charge in [-0.25, -0.2) is 9.78 Å². The highest BCUT2D eigenvalue weighted by Crippen LogP contribution is 2.19. The van der Waals surface area contributed by atoms with Gasteiger partial charge in [-0.1, -0.05) is 42.5 Å². The fourth-order valence-electron chi connectivity index (χ4n) is 3.89. The summed E-state index contributed by atoms with van der Waals surface area (Å²) in [4.78, 5) is 31.2. The second-order valence-electron chi connectivity index (χ2n) is 7.80. The van der Waals surface area contributed by atoms with Crippen molar-refractivity contribution < 1.29 is 9.59 Å². The number of amides is 3. The fourth-order valence-corrected chi connectivity index (χ4v) is 3.89. The molecule has 3 amide bonds. The molecule has 0 radical (unpaired) electrons. The highest BCUT2D eigenvalue weighted by Gasteiger charge is 2.28. The summed E-state index contributed by atoms with van der Waals surface area (Å²) in [5, 5.41) is 5.98. The van der Waals surface area contributed by atoms with E-state index in [9.17, 15) is 9.59 Å². The summed E-state index contributed by atoms with van der Waals surface area (Å²) in [6, 6.07) is 17.3. The highest BCUT2D eigenvalue weighted by molar-refractivity contribution is 5.90. The molecule has 0 saturated carbocycles. The second-order valence-corrected chi connectivity index (χ2v) is 7.80. The average Bonchev–Trinajstić information content (AvgIpc) is 3.32. The zero-order chi connectivity index (χ0) is 21.5. The molecule has 2 N–H and O–H groups in total. The number of hydrogen-bond donors (Lipinski definition) is 2. The van der Waals surface area contributed by atoms with Crippen molar-refractivity contribution in [3.05, 3.63) is 84.4 Å². The Morgan fingerprint density at radius 2 is 1.81 bits per heavy atom. The van der Waals surface area contributed by atoms with Gasteiger partial charge in [-0.05, 0) is 36.1 Å². The Balaban J connectivity index is 1.32. The summed E-state index contributed by atoms with van der Waals surface area (Å²) < 4.78 is 2.00. The van der Waals surface area contributed by atoms with E-state index in [2.05, 4.69) is 21.7 Å². The first kappa shape index (κ1) is 20.7. The number of urea groups is 1. The molecule has 7 nitrogen and oxygen atoms in total. The Hall–Kier alpha value is -3.61. The number of piperidine rings is 1. The lowest BCUT2D eigenvalue weighted by atomic mass is 9.97. The minimum absolute atomic E-state index is 0.00496. The lowest BCUT2D eigenvalue weighted by Gasteiger charge is -2.32. The minimum atomic E-state index is -0.198. The molecule has 3 aromatic rings. The summed E-state index contributed by atoms with van der Waals surface area (Å²) in [5.74, 6) is -0.203. The van der Waals surface area contributed by atoms with Gasteiger partial charge in [-0.15, -0.1) is 0 Å². The molecule has 2 aromatic carbocycles. The Bertz CT molecular complexity index is 1000. The molecule has 0 spiro atoms. The average molecular weight is 418 g/mol. The van der Waals surface area contributed by atoms with Crippen molar-refractivity contribution >= 4 is 17.6 Å². The van der Waals surface area contributed by atoms with Crippen molar-refractivity contribution in [2.75, 3.05) is 18.4 Å². The third-order valence-corrected chi connectivity index (χ3v) is 5.59. The largest absolute Gasteiger partial charge is 0.352 e. The maximum Gasteiger partial charge on any atom is 0.321 e. The van der Waals surface area contributed by atoms with Gasteiger partial charge in [0.15, 0.2) is 0 Å². The number of hydrogen-bond acceptors (Lipinski definition) is 3. The van der Waals surface area contributed by atoms with E-state index >= 15 is 0 Å². The van der Waals surface area contributed by atoms with Crippen molar-refractivity contribution in [3.63, 3.8) is 0 Å². The molecule has 0 bridgehead atoms. The van der Waals surface area contributed by atoms with Gasteiger partial charge in [-0.3, -0.25) is 4.79 Å². The molecule has 1 saturated heterocycles. The first-order chi connectivity index (χ1) is 15.2. The summed E-state index contributed by atoms with van der Waals surface area (Å²) >= 11 is 0. The number of benzene rings is 2. The standard InChI is InChI=1S/C24H27N5O2/c30-23(26-15-19-7-4-5-8-20(19)16-28-14-12-25-18-28)21-9-6-13-29(17-21)24(31)27-22-10-2-1-3-11-22/h1-5,7-8,10-12,14,18,21H,6,9,13,15-17H2,(H,26,30)(H,27,31). The molecular formula is C24H27N5O2. The Labute approximate surface area is 182 Å². The van der Waals surface area contributed by atoms with Crippen molar-refractivity contribution in [2.24, 2.45) is 5.92 Å². The van der Waals surface area contributed by atoms with Gasteiger partial charge in [0, 0.05) is 44.3 Å². The van der Waals surface area contributed by atoms with E-state index in [1.54, 1.807) is 17.4 Å². The van der Waals surface area contributed by atoms with Gasteiger partial charge >= 0.3 is 6.03 Å². The van der Waals surface area contributed by atoms with Crippen LogP contribution < -0.4 is 10.6 Å². The fraction of sp³-hybridized carbons (Fsp3) is 0.292. The van der Waals surface area contributed by atoms with Gasteiger partial charge in [0.05, 0.1) is 12.2 Å². The second kappa shape index (κ2) is 9.93. The maximum absolute atomic E-state index is 12.8. The van der Waals surface area contributed by atoms with Crippen molar-refractivity contribution in [3.8, 4) is 0 Å². The number of likely N-dealkylation sites (tertiary alicyclic amines) is 1. The van der Waals surface area contributed by atoms with E-state index in [1.807, 2.05) is 59.3 Å². The molecule has 1 fully saturated rings. The third-order valence-electron chi connectivity index (χ3n) is 5.59. The van der Waals surface area contributed by atoms with Crippen molar-refractivity contribution in [1.29, 1.82) is 0 Å². The van der Waals surface area contributed by atoms with E-state index in [0.29, 0.717) is 26.2 Å². The summed E-state index contributed by atoms with van der Waals surface area (Å²) in [7, 11) is 0. The number of imidazole rings is 1. The third kappa shape index (κ3) is 5.51. The number of carbonyl (C=O) groups excluding carboxylic acids is 2. The van der Waals surface area contributed by atoms with Crippen LogP contribution in [0.25, 0.3) is 0 Å².